The molecule has 0 amide bonds. The van der Waals surface area contributed by atoms with Crippen LogP contribution in [0.4, 0.5) is 19.1 Å². The maximum absolute atomic E-state index is 12.5. The van der Waals surface area contributed by atoms with E-state index in [0.29, 0.717) is 0 Å². The van der Waals surface area contributed by atoms with Crippen molar-refractivity contribution in [1.29, 1.82) is 0 Å². The molecule has 2 rings (SSSR count). The van der Waals surface area contributed by atoms with Crippen LogP contribution in [0.15, 0.2) is 17.3 Å². The Morgan fingerprint density at radius 2 is 1.70 bits per heavy atom. The minimum atomic E-state index is -4.28. The van der Waals surface area contributed by atoms with Gasteiger partial charge < -0.3 is 5.73 Å². The summed E-state index contributed by atoms with van der Waals surface area (Å²) in [6.45, 7) is -0.340. The van der Waals surface area contributed by atoms with E-state index < -0.39 is 22.1 Å². The Balaban J connectivity index is 2.11. The molecule has 6 nitrogen and oxygen atoms in total. The van der Waals surface area contributed by atoms with Crippen molar-refractivity contribution in [3.63, 3.8) is 0 Å². The van der Waals surface area contributed by atoms with E-state index in [2.05, 4.69) is 9.97 Å². The number of alkyl halides is 3. The highest BCUT2D eigenvalue weighted by Gasteiger charge is 2.43. The average molecular weight is 310 g/mol. The fourth-order valence-electron chi connectivity index (χ4n) is 2.03. The number of hydrogen-bond acceptors (Lipinski definition) is 5. The molecule has 0 saturated carbocycles. The second kappa shape index (κ2) is 5.17. The van der Waals surface area contributed by atoms with E-state index in [1.165, 1.54) is 0 Å². The summed E-state index contributed by atoms with van der Waals surface area (Å²) in [5, 5.41) is 0. The maximum Gasteiger partial charge on any atom is 0.391 e. The minimum absolute atomic E-state index is 0.0697. The molecule has 1 fully saturated rings. The maximum atomic E-state index is 12.5. The lowest BCUT2D eigenvalue weighted by Crippen LogP contribution is -2.42. The van der Waals surface area contributed by atoms with Crippen molar-refractivity contribution < 1.29 is 21.6 Å². The number of rotatable bonds is 2. The van der Waals surface area contributed by atoms with Crippen molar-refractivity contribution in [2.75, 3.05) is 18.8 Å². The third-order valence-corrected chi connectivity index (χ3v) is 5.05. The highest BCUT2D eigenvalue weighted by Crippen LogP contribution is 2.35. The third-order valence-electron chi connectivity index (χ3n) is 3.20. The van der Waals surface area contributed by atoms with Crippen LogP contribution in [-0.2, 0) is 10.0 Å². The average Bonchev–Trinajstić information content (AvgIpc) is 2.38. The van der Waals surface area contributed by atoms with E-state index in [0.717, 1.165) is 16.7 Å². The summed E-state index contributed by atoms with van der Waals surface area (Å²) >= 11 is 0. The molecule has 0 aromatic carbocycles. The van der Waals surface area contributed by atoms with Gasteiger partial charge in [0.15, 0.2) is 0 Å². The van der Waals surface area contributed by atoms with E-state index in [-0.39, 0.29) is 36.8 Å². The van der Waals surface area contributed by atoms with Crippen molar-refractivity contribution in [1.82, 2.24) is 14.3 Å². The molecule has 0 radical (unpaired) electrons. The first kappa shape index (κ1) is 15.0. The number of hydrogen-bond donors (Lipinski definition) is 1. The van der Waals surface area contributed by atoms with E-state index in [1.54, 1.807) is 0 Å². The van der Waals surface area contributed by atoms with Crippen molar-refractivity contribution >= 4 is 16.0 Å². The molecule has 1 saturated heterocycles. The Morgan fingerprint density at radius 3 is 2.15 bits per heavy atom. The largest absolute Gasteiger partial charge is 0.391 e. The van der Waals surface area contributed by atoms with Crippen LogP contribution in [0.3, 0.4) is 0 Å². The van der Waals surface area contributed by atoms with E-state index >= 15 is 0 Å². The second-order valence-electron chi connectivity index (χ2n) is 4.50. The van der Waals surface area contributed by atoms with Gasteiger partial charge in [0.2, 0.25) is 16.0 Å². The van der Waals surface area contributed by atoms with E-state index in [1.807, 2.05) is 0 Å². The molecule has 0 aliphatic carbocycles. The lowest BCUT2D eigenvalue weighted by atomic mass is 9.98. The standard InChI is InChI=1S/C10H13F3N4O2S/c11-10(12,13)7-1-3-17(4-2-7)20(18,19)8-5-15-9(14)16-6-8/h5-7H,1-4H2,(H2,14,15,16). The lowest BCUT2D eigenvalue weighted by Gasteiger charge is -2.31. The smallest absolute Gasteiger partial charge is 0.368 e. The van der Waals surface area contributed by atoms with Gasteiger partial charge in [-0.3, -0.25) is 0 Å². The highest BCUT2D eigenvalue weighted by atomic mass is 32.2. The molecule has 1 aromatic rings. The Morgan fingerprint density at radius 1 is 1.20 bits per heavy atom. The molecule has 20 heavy (non-hydrogen) atoms. The number of nitrogens with two attached hydrogens (primary N) is 1. The number of halogens is 3. The number of aromatic nitrogens is 2. The summed E-state index contributed by atoms with van der Waals surface area (Å²) in [5.74, 6) is -1.52. The van der Waals surface area contributed by atoms with Gasteiger partial charge in [0.05, 0.1) is 18.3 Å². The summed E-state index contributed by atoms with van der Waals surface area (Å²) in [5.41, 5.74) is 5.26. The molecular weight excluding hydrogens is 297 g/mol. The van der Waals surface area contributed by atoms with Gasteiger partial charge in [-0.05, 0) is 12.8 Å². The predicted octanol–water partition coefficient (Wildman–Crippen LogP) is 1.02. The summed E-state index contributed by atoms with van der Waals surface area (Å²) in [4.78, 5) is 6.98. The van der Waals surface area contributed by atoms with E-state index in [9.17, 15) is 21.6 Å². The van der Waals surface area contributed by atoms with Gasteiger partial charge >= 0.3 is 6.18 Å². The highest BCUT2D eigenvalue weighted by molar-refractivity contribution is 7.89. The van der Waals surface area contributed by atoms with Crippen LogP contribution in [0.5, 0.6) is 0 Å². The first-order valence-electron chi connectivity index (χ1n) is 5.85. The van der Waals surface area contributed by atoms with Gasteiger partial charge in [0.1, 0.15) is 4.90 Å². The molecule has 0 atom stereocenters. The van der Waals surface area contributed by atoms with Gasteiger partial charge in [0.25, 0.3) is 0 Å². The quantitative estimate of drug-likeness (QED) is 0.881. The van der Waals surface area contributed by atoms with Crippen LogP contribution in [0.25, 0.3) is 0 Å². The molecule has 1 aliphatic rings. The van der Waals surface area contributed by atoms with Crippen molar-refractivity contribution in [2.45, 2.75) is 23.9 Å². The molecule has 1 aliphatic heterocycles. The van der Waals surface area contributed by atoms with Crippen LogP contribution < -0.4 is 5.73 Å². The Labute approximate surface area is 113 Å². The molecular formula is C10H13F3N4O2S. The first-order valence-corrected chi connectivity index (χ1v) is 7.29. The zero-order valence-electron chi connectivity index (χ0n) is 10.3. The molecule has 0 spiro atoms. The molecule has 0 bridgehead atoms. The predicted molar refractivity (Wildman–Crippen MR) is 64.0 cm³/mol. The fraction of sp³-hybridized carbons (Fsp3) is 0.600. The van der Waals surface area contributed by atoms with Crippen molar-refractivity contribution in [3.8, 4) is 0 Å². The molecule has 10 heteroatoms. The van der Waals surface area contributed by atoms with Gasteiger partial charge in [-0.1, -0.05) is 0 Å². The van der Waals surface area contributed by atoms with Crippen LogP contribution in [0, 0.1) is 5.92 Å². The number of nitrogens with zero attached hydrogens (tertiary/aromatic N) is 3. The molecule has 0 unspecified atom stereocenters. The summed E-state index contributed by atoms with van der Waals surface area (Å²) in [6, 6.07) is 0. The molecule has 112 valence electrons. The zero-order valence-corrected chi connectivity index (χ0v) is 11.2. The van der Waals surface area contributed by atoms with Crippen molar-refractivity contribution in [2.24, 2.45) is 5.92 Å². The summed E-state index contributed by atoms with van der Waals surface area (Å²) in [7, 11) is -3.86. The van der Waals surface area contributed by atoms with Crippen LogP contribution in [0.1, 0.15) is 12.8 Å². The monoisotopic (exact) mass is 310 g/mol. The van der Waals surface area contributed by atoms with Gasteiger partial charge in [0, 0.05) is 13.1 Å². The van der Waals surface area contributed by atoms with Gasteiger partial charge in [-0.15, -0.1) is 0 Å². The third kappa shape index (κ3) is 3.01. The molecule has 1 aromatic heterocycles. The summed E-state index contributed by atoms with van der Waals surface area (Å²) in [6.07, 6.45) is -2.65. The lowest BCUT2D eigenvalue weighted by molar-refractivity contribution is -0.182. The Bertz CT molecular complexity index is 565. The Hall–Kier alpha value is -1.42. The molecule has 2 N–H and O–H groups in total. The topological polar surface area (TPSA) is 89.2 Å². The fourth-order valence-corrected chi connectivity index (χ4v) is 3.39. The number of piperidine rings is 1. The summed E-state index contributed by atoms with van der Waals surface area (Å²) < 4.78 is 63.0. The van der Waals surface area contributed by atoms with Crippen LogP contribution in [-0.4, -0.2) is 42.0 Å². The number of sulfonamides is 1. The van der Waals surface area contributed by atoms with Crippen LogP contribution in [0.2, 0.25) is 0 Å². The molecule has 2 heterocycles. The number of nitrogen functional groups attached to an aromatic ring is 1. The van der Waals surface area contributed by atoms with E-state index in [4.69, 9.17) is 5.73 Å². The van der Waals surface area contributed by atoms with Crippen molar-refractivity contribution in [3.05, 3.63) is 12.4 Å². The minimum Gasteiger partial charge on any atom is -0.368 e. The Kier molecular flexibility index (Phi) is 3.87. The van der Waals surface area contributed by atoms with Crippen LogP contribution >= 0.6 is 0 Å². The normalized spacial score (nSPS) is 19.1. The second-order valence-corrected chi connectivity index (χ2v) is 6.43. The first-order chi connectivity index (χ1) is 9.21. The van der Waals surface area contributed by atoms with Gasteiger partial charge in [-0.2, -0.15) is 17.5 Å². The number of anilines is 1. The van der Waals surface area contributed by atoms with Gasteiger partial charge in [-0.25, -0.2) is 18.4 Å². The SMILES string of the molecule is Nc1ncc(S(=O)(=O)N2CCC(C(F)(F)F)CC2)cn1. The zero-order chi connectivity index (χ0) is 15.0.